The third-order valence-corrected chi connectivity index (χ3v) is 3.87. The molecule has 0 aromatic heterocycles. The molecule has 2 N–H and O–H groups in total. The maximum absolute atomic E-state index is 10.6. The first kappa shape index (κ1) is 11.6. The molecule has 1 unspecified atom stereocenters. The second-order valence-corrected chi connectivity index (χ2v) is 4.65. The Balaban J connectivity index is 2.38. The van der Waals surface area contributed by atoms with E-state index in [0.29, 0.717) is 0 Å². The molecule has 0 spiro atoms. The Hall–Kier alpha value is -0.860. The summed E-state index contributed by atoms with van der Waals surface area (Å²) in [4.78, 5) is 0. The topological polar surface area (TPSA) is 32.3 Å². The van der Waals surface area contributed by atoms with Crippen LogP contribution < -0.4 is 5.32 Å². The molecule has 2 heteroatoms. The van der Waals surface area contributed by atoms with Crippen molar-refractivity contribution in [2.75, 3.05) is 6.54 Å². The lowest BCUT2D eigenvalue weighted by atomic mass is 9.80. The Morgan fingerprint density at radius 3 is 2.69 bits per heavy atom. The van der Waals surface area contributed by atoms with Crippen LogP contribution in [0.15, 0.2) is 24.3 Å². The minimum absolute atomic E-state index is 0.0902. The highest BCUT2D eigenvalue weighted by Crippen LogP contribution is 2.35. The van der Waals surface area contributed by atoms with E-state index in [1.165, 1.54) is 11.1 Å². The van der Waals surface area contributed by atoms with E-state index in [-0.39, 0.29) is 6.04 Å². The summed E-state index contributed by atoms with van der Waals surface area (Å²) >= 11 is 0. The third-order valence-electron chi connectivity index (χ3n) is 3.87. The summed E-state index contributed by atoms with van der Waals surface area (Å²) in [5.74, 6) is 0. The number of aliphatic hydroxyl groups is 1. The van der Waals surface area contributed by atoms with Crippen molar-refractivity contribution in [3.8, 4) is 0 Å². The van der Waals surface area contributed by atoms with E-state index in [0.717, 1.165) is 25.8 Å². The van der Waals surface area contributed by atoms with Crippen LogP contribution >= 0.6 is 0 Å². The zero-order chi connectivity index (χ0) is 11.6. The Bertz CT molecular complexity index is 358. The lowest BCUT2D eigenvalue weighted by Gasteiger charge is -2.39. The molecule has 2 rings (SSSR count). The maximum Gasteiger partial charge on any atom is 0.0836 e. The van der Waals surface area contributed by atoms with Gasteiger partial charge in [-0.2, -0.15) is 0 Å². The smallest absolute Gasteiger partial charge is 0.0836 e. The van der Waals surface area contributed by atoms with Crippen LogP contribution in [0.4, 0.5) is 0 Å². The van der Waals surface area contributed by atoms with Gasteiger partial charge in [0.25, 0.3) is 0 Å². The molecule has 0 bridgehead atoms. The van der Waals surface area contributed by atoms with Gasteiger partial charge in [-0.15, -0.1) is 0 Å². The van der Waals surface area contributed by atoms with Gasteiger partial charge in [-0.25, -0.2) is 0 Å². The van der Waals surface area contributed by atoms with Gasteiger partial charge in [0.1, 0.15) is 0 Å². The molecule has 0 radical (unpaired) electrons. The van der Waals surface area contributed by atoms with Gasteiger partial charge in [0.05, 0.1) is 11.6 Å². The number of hydrogen-bond acceptors (Lipinski definition) is 2. The van der Waals surface area contributed by atoms with Gasteiger partial charge in [0, 0.05) is 0 Å². The Morgan fingerprint density at radius 1 is 1.31 bits per heavy atom. The van der Waals surface area contributed by atoms with Crippen LogP contribution in [-0.2, 0) is 6.42 Å². The Kier molecular flexibility index (Phi) is 3.31. The average Bonchev–Trinajstić information content (AvgIpc) is 2.37. The van der Waals surface area contributed by atoms with Crippen molar-refractivity contribution in [2.24, 2.45) is 0 Å². The Labute approximate surface area is 97.7 Å². The number of benzene rings is 1. The number of nitrogens with one attached hydrogen (secondary N) is 1. The van der Waals surface area contributed by atoms with Crippen LogP contribution in [0.2, 0.25) is 0 Å². The fourth-order valence-corrected chi connectivity index (χ4v) is 2.64. The van der Waals surface area contributed by atoms with Gasteiger partial charge in [-0.1, -0.05) is 38.1 Å². The highest BCUT2D eigenvalue weighted by molar-refractivity contribution is 5.34. The second-order valence-electron chi connectivity index (χ2n) is 4.65. The highest BCUT2D eigenvalue weighted by Gasteiger charge is 2.36. The van der Waals surface area contributed by atoms with Crippen molar-refractivity contribution in [1.82, 2.24) is 5.32 Å². The van der Waals surface area contributed by atoms with E-state index < -0.39 is 5.60 Å². The molecular formula is C14H21NO. The van der Waals surface area contributed by atoms with Crippen LogP contribution in [0.5, 0.6) is 0 Å². The molecule has 1 atom stereocenters. The van der Waals surface area contributed by atoms with Crippen molar-refractivity contribution in [1.29, 1.82) is 0 Å². The first-order valence-electron chi connectivity index (χ1n) is 6.25. The standard InChI is InChI=1S/C14H21NO/c1-3-14(16,4-2)13-12-8-6-5-7-11(12)9-10-15-13/h5-8,13,15-16H,3-4,9-10H2,1-2H3. The van der Waals surface area contributed by atoms with E-state index in [2.05, 4.69) is 43.4 Å². The van der Waals surface area contributed by atoms with Gasteiger partial charge in [-0.05, 0) is 36.9 Å². The summed E-state index contributed by atoms with van der Waals surface area (Å²) in [6.07, 6.45) is 2.64. The van der Waals surface area contributed by atoms with E-state index in [4.69, 9.17) is 0 Å². The number of fused-ring (bicyclic) bond motifs is 1. The van der Waals surface area contributed by atoms with Gasteiger partial charge in [0.2, 0.25) is 0 Å². The minimum Gasteiger partial charge on any atom is -0.388 e. The summed E-state index contributed by atoms with van der Waals surface area (Å²) in [6, 6.07) is 8.55. The number of rotatable bonds is 3. The van der Waals surface area contributed by atoms with Crippen LogP contribution in [-0.4, -0.2) is 17.3 Å². The summed E-state index contributed by atoms with van der Waals surface area (Å²) in [5.41, 5.74) is 2.04. The van der Waals surface area contributed by atoms with Gasteiger partial charge >= 0.3 is 0 Å². The Morgan fingerprint density at radius 2 is 2.00 bits per heavy atom. The molecule has 0 saturated carbocycles. The van der Waals surface area contributed by atoms with Gasteiger partial charge < -0.3 is 10.4 Å². The largest absolute Gasteiger partial charge is 0.388 e. The van der Waals surface area contributed by atoms with Crippen LogP contribution in [0.25, 0.3) is 0 Å². The fraction of sp³-hybridized carbons (Fsp3) is 0.571. The first-order chi connectivity index (χ1) is 7.71. The normalized spacial score (nSPS) is 20.6. The summed E-state index contributed by atoms with van der Waals surface area (Å²) in [5, 5.41) is 14.1. The molecular weight excluding hydrogens is 198 g/mol. The molecule has 0 fully saturated rings. The second kappa shape index (κ2) is 4.56. The molecule has 88 valence electrons. The highest BCUT2D eigenvalue weighted by atomic mass is 16.3. The molecule has 0 aliphatic carbocycles. The summed E-state index contributed by atoms with van der Waals surface area (Å²) in [7, 11) is 0. The summed E-state index contributed by atoms with van der Waals surface area (Å²) < 4.78 is 0. The van der Waals surface area contributed by atoms with Gasteiger partial charge in [0.15, 0.2) is 0 Å². The predicted octanol–water partition coefficient (Wildman–Crippen LogP) is 2.42. The predicted molar refractivity (Wildman–Crippen MR) is 66.4 cm³/mol. The lowest BCUT2D eigenvalue weighted by Crippen LogP contribution is -2.46. The van der Waals surface area contributed by atoms with Crippen LogP contribution in [0, 0.1) is 0 Å². The molecule has 0 saturated heterocycles. The average molecular weight is 219 g/mol. The molecule has 1 aromatic rings. The molecule has 16 heavy (non-hydrogen) atoms. The van der Waals surface area contributed by atoms with Crippen molar-refractivity contribution in [2.45, 2.75) is 44.8 Å². The maximum atomic E-state index is 10.6. The molecule has 0 amide bonds. The zero-order valence-electron chi connectivity index (χ0n) is 10.2. The number of hydrogen-bond donors (Lipinski definition) is 2. The van der Waals surface area contributed by atoms with Crippen LogP contribution in [0.1, 0.15) is 43.9 Å². The first-order valence-corrected chi connectivity index (χ1v) is 6.25. The van der Waals surface area contributed by atoms with E-state index >= 15 is 0 Å². The quantitative estimate of drug-likeness (QED) is 0.818. The summed E-state index contributed by atoms with van der Waals surface area (Å²) in [6.45, 7) is 5.08. The molecule has 1 heterocycles. The van der Waals surface area contributed by atoms with Gasteiger partial charge in [-0.3, -0.25) is 0 Å². The van der Waals surface area contributed by atoms with E-state index in [1.807, 2.05) is 0 Å². The van der Waals surface area contributed by atoms with Crippen molar-refractivity contribution < 1.29 is 5.11 Å². The van der Waals surface area contributed by atoms with Crippen molar-refractivity contribution in [3.63, 3.8) is 0 Å². The minimum atomic E-state index is -0.615. The molecule has 2 nitrogen and oxygen atoms in total. The van der Waals surface area contributed by atoms with Crippen LogP contribution in [0.3, 0.4) is 0 Å². The van der Waals surface area contributed by atoms with Crippen molar-refractivity contribution >= 4 is 0 Å². The molecule has 1 aromatic carbocycles. The molecule has 1 aliphatic rings. The van der Waals surface area contributed by atoms with E-state index in [9.17, 15) is 5.11 Å². The zero-order valence-corrected chi connectivity index (χ0v) is 10.2. The molecule has 1 aliphatic heterocycles. The lowest BCUT2D eigenvalue weighted by molar-refractivity contribution is -0.00897. The SMILES string of the molecule is CCC(O)(CC)C1NCCc2ccccc21. The van der Waals surface area contributed by atoms with E-state index in [1.54, 1.807) is 0 Å². The van der Waals surface area contributed by atoms with Crippen molar-refractivity contribution in [3.05, 3.63) is 35.4 Å². The third kappa shape index (κ3) is 1.87. The monoisotopic (exact) mass is 219 g/mol. The fourth-order valence-electron chi connectivity index (χ4n) is 2.64.